The molecule has 1 aliphatic carbocycles. The van der Waals surface area contributed by atoms with Crippen LogP contribution in [0.1, 0.15) is 19.8 Å². The van der Waals surface area contributed by atoms with Gasteiger partial charge in [-0.2, -0.15) is 0 Å². The Labute approximate surface area is 95.6 Å². The fourth-order valence-corrected chi connectivity index (χ4v) is 2.03. The van der Waals surface area contributed by atoms with E-state index < -0.39 is 0 Å². The number of hydrogen-bond donors (Lipinski definition) is 1. The first-order valence-corrected chi connectivity index (χ1v) is 5.81. The minimum Gasteiger partial charge on any atom is -0.490 e. The molecule has 82 valence electrons. The van der Waals surface area contributed by atoms with E-state index in [-0.39, 0.29) is 0 Å². The van der Waals surface area contributed by atoms with Crippen molar-refractivity contribution in [2.24, 2.45) is 0 Å². The Morgan fingerprint density at radius 3 is 2.93 bits per heavy atom. The number of benzene rings is 1. The number of ether oxygens (including phenoxy) is 1. The van der Waals surface area contributed by atoms with Crippen LogP contribution in [0.5, 0.6) is 5.75 Å². The number of hydrogen-bond acceptors (Lipinski definition) is 2. The second-order valence-corrected chi connectivity index (χ2v) is 4.36. The van der Waals surface area contributed by atoms with Crippen molar-refractivity contribution in [1.29, 1.82) is 0 Å². The summed E-state index contributed by atoms with van der Waals surface area (Å²) in [4.78, 5) is 0. The summed E-state index contributed by atoms with van der Waals surface area (Å²) in [5.41, 5.74) is 0. The second-order valence-electron chi connectivity index (χ2n) is 3.92. The van der Waals surface area contributed by atoms with Gasteiger partial charge in [0, 0.05) is 11.1 Å². The van der Waals surface area contributed by atoms with Crippen LogP contribution >= 0.6 is 11.6 Å². The van der Waals surface area contributed by atoms with Gasteiger partial charge in [-0.1, -0.05) is 24.6 Å². The van der Waals surface area contributed by atoms with Crippen LogP contribution in [0.25, 0.3) is 0 Å². The van der Waals surface area contributed by atoms with Gasteiger partial charge in [-0.15, -0.1) is 0 Å². The van der Waals surface area contributed by atoms with Crippen molar-refractivity contribution >= 4 is 11.6 Å². The average Bonchev–Trinajstić information content (AvgIpc) is 2.15. The zero-order chi connectivity index (χ0) is 10.7. The lowest BCUT2D eigenvalue weighted by Gasteiger charge is -2.35. The lowest BCUT2D eigenvalue weighted by Crippen LogP contribution is -2.46. The molecular weight excluding hydrogens is 210 g/mol. The highest BCUT2D eigenvalue weighted by Crippen LogP contribution is 2.27. The third-order valence-electron chi connectivity index (χ3n) is 2.69. The summed E-state index contributed by atoms with van der Waals surface area (Å²) in [5, 5.41) is 4.13. The largest absolute Gasteiger partial charge is 0.490 e. The van der Waals surface area contributed by atoms with Crippen molar-refractivity contribution in [3.63, 3.8) is 0 Å². The van der Waals surface area contributed by atoms with E-state index in [1.165, 1.54) is 0 Å². The molecule has 1 saturated carbocycles. The molecule has 0 spiro atoms. The molecule has 3 heteroatoms. The quantitative estimate of drug-likeness (QED) is 0.851. The topological polar surface area (TPSA) is 21.3 Å². The van der Waals surface area contributed by atoms with E-state index in [1.54, 1.807) is 0 Å². The van der Waals surface area contributed by atoms with Crippen LogP contribution in [0.3, 0.4) is 0 Å². The summed E-state index contributed by atoms with van der Waals surface area (Å²) in [6, 6.07) is 8.22. The first-order valence-electron chi connectivity index (χ1n) is 5.43. The van der Waals surface area contributed by atoms with Crippen LogP contribution in [-0.2, 0) is 0 Å². The minimum atomic E-state index is 0.354. The molecule has 1 fully saturated rings. The molecule has 0 bridgehead atoms. The first-order chi connectivity index (χ1) is 7.28. The van der Waals surface area contributed by atoms with Gasteiger partial charge in [0.1, 0.15) is 11.9 Å². The van der Waals surface area contributed by atoms with Gasteiger partial charge in [-0.05, 0) is 37.6 Å². The lowest BCUT2D eigenvalue weighted by molar-refractivity contribution is 0.0860. The third-order valence-corrected chi connectivity index (χ3v) is 2.92. The molecular formula is C12H16ClNO. The van der Waals surface area contributed by atoms with Gasteiger partial charge >= 0.3 is 0 Å². The Kier molecular flexibility index (Phi) is 3.49. The summed E-state index contributed by atoms with van der Waals surface area (Å²) in [6.07, 6.45) is 2.55. The molecule has 1 N–H and O–H groups in total. The molecule has 0 heterocycles. The van der Waals surface area contributed by atoms with Gasteiger partial charge < -0.3 is 10.1 Å². The molecule has 0 aliphatic heterocycles. The predicted octanol–water partition coefficient (Wildman–Crippen LogP) is 2.86. The summed E-state index contributed by atoms with van der Waals surface area (Å²) >= 11 is 5.88. The van der Waals surface area contributed by atoms with E-state index >= 15 is 0 Å². The highest BCUT2D eigenvalue weighted by atomic mass is 35.5. The van der Waals surface area contributed by atoms with E-state index in [0.29, 0.717) is 12.1 Å². The standard InChI is InChI=1S/C12H16ClNO/c1-2-14-10-7-12(8-10)15-11-5-3-4-9(13)6-11/h3-6,10,12,14H,2,7-8H2,1H3. The Bertz CT molecular complexity index is 323. The van der Waals surface area contributed by atoms with Gasteiger partial charge in [0.05, 0.1) is 0 Å². The second kappa shape index (κ2) is 4.86. The number of nitrogens with one attached hydrogen (secondary N) is 1. The Morgan fingerprint density at radius 1 is 1.47 bits per heavy atom. The van der Waals surface area contributed by atoms with Crippen molar-refractivity contribution < 1.29 is 4.74 Å². The van der Waals surface area contributed by atoms with Crippen LogP contribution in [0.2, 0.25) is 5.02 Å². The normalized spacial score (nSPS) is 24.7. The Morgan fingerprint density at radius 2 is 2.27 bits per heavy atom. The zero-order valence-corrected chi connectivity index (χ0v) is 9.63. The molecule has 0 amide bonds. The summed E-state index contributed by atoms with van der Waals surface area (Å²) in [5.74, 6) is 0.877. The maximum Gasteiger partial charge on any atom is 0.121 e. The molecule has 2 rings (SSSR count). The maximum absolute atomic E-state index is 5.88. The number of halogens is 1. The zero-order valence-electron chi connectivity index (χ0n) is 8.87. The lowest BCUT2D eigenvalue weighted by atomic mass is 9.89. The third kappa shape index (κ3) is 2.86. The van der Waals surface area contributed by atoms with Crippen molar-refractivity contribution in [2.45, 2.75) is 31.9 Å². The predicted molar refractivity (Wildman–Crippen MR) is 62.6 cm³/mol. The van der Waals surface area contributed by atoms with Crippen LogP contribution in [-0.4, -0.2) is 18.7 Å². The molecule has 0 radical (unpaired) electrons. The van der Waals surface area contributed by atoms with Crippen LogP contribution in [0.15, 0.2) is 24.3 Å². The smallest absolute Gasteiger partial charge is 0.121 e. The summed E-state index contributed by atoms with van der Waals surface area (Å²) in [7, 11) is 0. The van der Waals surface area contributed by atoms with Crippen LogP contribution in [0.4, 0.5) is 0 Å². The fraction of sp³-hybridized carbons (Fsp3) is 0.500. The van der Waals surface area contributed by atoms with Crippen molar-refractivity contribution in [2.75, 3.05) is 6.54 Å². The minimum absolute atomic E-state index is 0.354. The Balaban J connectivity index is 1.80. The number of rotatable bonds is 4. The first kappa shape index (κ1) is 10.8. The molecule has 2 nitrogen and oxygen atoms in total. The van der Waals surface area contributed by atoms with E-state index in [2.05, 4.69) is 12.2 Å². The summed E-state index contributed by atoms with van der Waals surface area (Å²) < 4.78 is 5.78. The maximum atomic E-state index is 5.88. The fourth-order valence-electron chi connectivity index (χ4n) is 1.85. The monoisotopic (exact) mass is 225 g/mol. The SMILES string of the molecule is CCNC1CC(Oc2cccc(Cl)c2)C1. The van der Waals surface area contributed by atoms with Crippen molar-refractivity contribution in [3.8, 4) is 5.75 Å². The molecule has 0 atom stereocenters. The Hall–Kier alpha value is -0.730. The highest BCUT2D eigenvalue weighted by Gasteiger charge is 2.29. The van der Waals surface area contributed by atoms with Gasteiger partial charge in [0.15, 0.2) is 0 Å². The molecule has 1 aliphatic rings. The van der Waals surface area contributed by atoms with Crippen LogP contribution in [0, 0.1) is 0 Å². The van der Waals surface area contributed by atoms with E-state index in [1.807, 2.05) is 24.3 Å². The van der Waals surface area contributed by atoms with E-state index in [4.69, 9.17) is 16.3 Å². The molecule has 0 saturated heterocycles. The average molecular weight is 226 g/mol. The van der Waals surface area contributed by atoms with Crippen molar-refractivity contribution in [3.05, 3.63) is 29.3 Å². The van der Waals surface area contributed by atoms with E-state index in [9.17, 15) is 0 Å². The highest BCUT2D eigenvalue weighted by molar-refractivity contribution is 6.30. The molecule has 1 aromatic rings. The summed E-state index contributed by atoms with van der Waals surface area (Å²) in [6.45, 7) is 3.17. The molecule has 1 aromatic carbocycles. The van der Waals surface area contributed by atoms with E-state index in [0.717, 1.165) is 30.2 Å². The van der Waals surface area contributed by atoms with Gasteiger partial charge in [-0.3, -0.25) is 0 Å². The van der Waals surface area contributed by atoms with Crippen LogP contribution < -0.4 is 10.1 Å². The van der Waals surface area contributed by atoms with Gasteiger partial charge in [0.2, 0.25) is 0 Å². The van der Waals surface area contributed by atoms with Crippen molar-refractivity contribution in [1.82, 2.24) is 5.32 Å². The molecule has 15 heavy (non-hydrogen) atoms. The molecule has 0 unspecified atom stereocenters. The van der Waals surface area contributed by atoms with Gasteiger partial charge in [-0.25, -0.2) is 0 Å². The molecule has 0 aromatic heterocycles. The van der Waals surface area contributed by atoms with Gasteiger partial charge in [0.25, 0.3) is 0 Å².